The molecule has 108 valence electrons. The van der Waals surface area contributed by atoms with E-state index in [0.29, 0.717) is 6.54 Å². The van der Waals surface area contributed by atoms with Crippen molar-refractivity contribution in [2.24, 2.45) is 0 Å². The molecule has 0 aliphatic rings. The molecule has 0 radical (unpaired) electrons. The summed E-state index contributed by atoms with van der Waals surface area (Å²) in [6.45, 7) is 11.4. The van der Waals surface area contributed by atoms with Crippen LogP contribution >= 0.6 is 0 Å². The van der Waals surface area contributed by atoms with Crippen molar-refractivity contribution in [3.8, 4) is 0 Å². The summed E-state index contributed by atoms with van der Waals surface area (Å²) in [5.74, 6) is -0.0505. The molecule has 0 aliphatic carbocycles. The lowest BCUT2D eigenvalue weighted by molar-refractivity contribution is -0.125. The summed E-state index contributed by atoms with van der Waals surface area (Å²) < 4.78 is 1.60. The average molecular weight is 267 g/mol. The first-order valence-corrected chi connectivity index (χ1v) is 6.77. The lowest BCUT2D eigenvalue weighted by atomic mass is 10.1. The molecule has 1 heterocycles. The van der Waals surface area contributed by atoms with Crippen LogP contribution in [0.2, 0.25) is 0 Å². The Morgan fingerprint density at radius 1 is 1.47 bits per heavy atom. The topological polar surface area (TPSA) is 71.8 Å². The van der Waals surface area contributed by atoms with E-state index in [9.17, 15) is 4.79 Å². The van der Waals surface area contributed by atoms with Crippen LogP contribution in [0.4, 0.5) is 0 Å². The van der Waals surface area contributed by atoms with E-state index in [1.54, 1.807) is 4.68 Å². The molecule has 0 bridgehead atoms. The molecular formula is C13H25N5O. The first-order chi connectivity index (χ1) is 8.83. The summed E-state index contributed by atoms with van der Waals surface area (Å²) >= 11 is 0. The van der Waals surface area contributed by atoms with Crippen molar-refractivity contribution in [1.82, 2.24) is 25.6 Å². The summed E-state index contributed by atoms with van der Waals surface area (Å²) in [4.78, 5) is 12.0. The molecule has 1 amide bonds. The van der Waals surface area contributed by atoms with E-state index in [1.807, 2.05) is 33.9 Å². The zero-order valence-corrected chi connectivity index (χ0v) is 12.5. The molecule has 0 aromatic carbocycles. The largest absolute Gasteiger partial charge is 0.350 e. The highest BCUT2D eigenvalue weighted by atomic mass is 16.2. The van der Waals surface area contributed by atoms with Gasteiger partial charge in [0.05, 0.1) is 11.9 Å². The first kappa shape index (κ1) is 15.6. The zero-order chi connectivity index (χ0) is 14.5. The fourth-order valence-corrected chi connectivity index (χ4v) is 1.57. The maximum absolute atomic E-state index is 12.0. The highest BCUT2D eigenvalue weighted by Gasteiger charge is 2.21. The lowest BCUT2D eigenvalue weighted by Gasteiger charge is -2.23. The molecule has 0 saturated heterocycles. The van der Waals surface area contributed by atoms with Gasteiger partial charge >= 0.3 is 0 Å². The van der Waals surface area contributed by atoms with Crippen molar-refractivity contribution in [2.75, 3.05) is 6.54 Å². The quantitative estimate of drug-likeness (QED) is 0.761. The van der Waals surface area contributed by atoms with Crippen LogP contribution in [-0.4, -0.2) is 33.0 Å². The van der Waals surface area contributed by atoms with E-state index in [1.165, 1.54) is 0 Å². The van der Waals surface area contributed by atoms with Gasteiger partial charge in [-0.1, -0.05) is 12.1 Å². The van der Waals surface area contributed by atoms with Crippen molar-refractivity contribution in [2.45, 2.75) is 59.2 Å². The van der Waals surface area contributed by atoms with Crippen molar-refractivity contribution in [3.63, 3.8) is 0 Å². The van der Waals surface area contributed by atoms with Gasteiger partial charge in [-0.05, 0) is 40.7 Å². The number of hydrogen-bond acceptors (Lipinski definition) is 4. The molecule has 1 rings (SSSR count). The fourth-order valence-electron chi connectivity index (χ4n) is 1.57. The SMILES string of the molecule is CCCNCc1cn(C(C)C(=O)NC(C)(C)C)nn1. The molecule has 6 nitrogen and oxygen atoms in total. The van der Waals surface area contributed by atoms with Crippen molar-refractivity contribution < 1.29 is 4.79 Å². The second kappa shape index (κ2) is 6.65. The molecule has 0 aliphatic heterocycles. The summed E-state index contributed by atoms with van der Waals surface area (Å²) in [7, 11) is 0. The average Bonchev–Trinajstić information content (AvgIpc) is 2.75. The van der Waals surface area contributed by atoms with Crippen LogP contribution in [0, 0.1) is 0 Å². The predicted molar refractivity (Wildman–Crippen MR) is 74.6 cm³/mol. The summed E-state index contributed by atoms with van der Waals surface area (Å²) in [6, 6.07) is -0.355. The Bertz CT molecular complexity index is 407. The van der Waals surface area contributed by atoms with Crippen LogP contribution in [0.3, 0.4) is 0 Å². The number of carbonyl (C=O) groups excluding carboxylic acids is 1. The third-order valence-electron chi connectivity index (χ3n) is 2.57. The number of carbonyl (C=O) groups is 1. The molecule has 1 aromatic heterocycles. The van der Waals surface area contributed by atoms with Gasteiger partial charge < -0.3 is 10.6 Å². The number of aromatic nitrogens is 3. The van der Waals surface area contributed by atoms with Gasteiger partial charge in [0.15, 0.2) is 0 Å². The van der Waals surface area contributed by atoms with Gasteiger partial charge in [-0.15, -0.1) is 5.10 Å². The van der Waals surface area contributed by atoms with Gasteiger partial charge in [0.2, 0.25) is 5.91 Å². The normalized spacial score (nSPS) is 13.3. The molecule has 0 fully saturated rings. The Labute approximate surface area is 115 Å². The van der Waals surface area contributed by atoms with Gasteiger partial charge in [-0.3, -0.25) is 4.79 Å². The second-order valence-corrected chi connectivity index (χ2v) is 5.78. The molecule has 1 atom stereocenters. The Balaban J connectivity index is 2.57. The lowest BCUT2D eigenvalue weighted by Crippen LogP contribution is -2.43. The number of nitrogens with zero attached hydrogens (tertiary/aromatic N) is 3. The van der Waals surface area contributed by atoms with Crippen LogP contribution in [0.5, 0.6) is 0 Å². The Kier molecular flexibility index (Phi) is 5.47. The molecule has 1 unspecified atom stereocenters. The van der Waals surface area contributed by atoms with Crippen molar-refractivity contribution in [1.29, 1.82) is 0 Å². The first-order valence-electron chi connectivity index (χ1n) is 6.77. The third kappa shape index (κ3) is 5.38. The van der Waals surface area contributed by atoms with E-state index in [0.717, 1.165) is 18.7 Å². The highest BCUT2D eigenvalue weighted by molar-refractivity contribution is 5.80. The van der Waals surface area contributed by atoms with Crippen molar-refractivity contribution >= 4 is 5.91 Å². The number of nitrogens with one attached hydrogen (secondary N) is 2. The maximum atomic E-state index is 12.0. The minimum atomic E-state index is -0.355. The van der Waals surface area contributed by atoms with Gasteiger partial charge in [-0.2, -0.15) is 0 Å². The minimum Gasteiger partial charge on any atom is -0.350 e. The molecule has 2 N–H and O–H groups in total. The monoisotopic (exact) mass is 267 g/mol. The molecule has 0 spiro atoms. The summed E-state index contributed by atoms with van der Waals surface area (Å²) in [5.41, 5.74) is 0.612. The molecular weight excluding hydrogens is 242 g/mol. The van der Waals surface area contributed by atoms with Crippen LogP contribution in [-0.2, 0) is 11.3 Å². The Morgan fingerprint density at radius 3 is 2.74 bits per heavy atom. The number of rotatable bonds is 6. The van der Waals surface area contributed by atoms with Crippen LogP contribution in [0.1, 0.15) is 52.8 Å². The van der Waals surface area contributed by atoms with Crippen LogP contribution in [0.25, 0.3) is 0 Å². The van der Waals surface area contributed by atoms with Crippen LogP contribution in [0.15, 0.2) is 6.20 Å². The van der Waals surface area contributed by atoms with Crippen LogP contribution < -0.4 is 10.6 Å². The predicted octanol–water partition coefficient (Wildman–Crippen LogP) is 1.25. The standard InChI is InChI=1S/C13H25N5O/c1-6-7-14-8-11-9-18(17-16-11)10(2)12(19)15-13(3,4)5/h9-10,14H,6-8H2,1-5H3,(H,15,19). The molecule has 0 saturated carbocycles. The Morgan fingerprint density at radius 2 is 2.16 bits per heavy atom. The third-order valence-corrected chi connectivity index (χ3v) is 2.57. The van der Waals surface area contributed by atoms with Gasteiger partial charge in [0, 0.05) is 12.1 Å². The second-order valence-electron chi connectivity index (χ2n) is 5.78. The molecule has 6 heteroatoms. The number of amides is 1. The summed E-state index contributed by atoms with van der Waals surface area (Å²) in [6.07, 6.45) is 2.90. The van der Waals surface area contributed by atoms with E-state index in [2.05, 4.69) is 27.9 Å². The molecule has 19 heavy (non-hydrogen) atoms. The van der Waals surface area contributed by atoms with Gasteiger partial charge in [0.1, 0.15) is 6.04 Å². The number of hydrogen-bond donors (Lipinski definition) is 2. The molecule has 1 aromatic rings. The smallest absolute Gasteiger partial charge is 0.245 e. The van der Waals surface area contributed by atoms with E-state index < -0.39 is 0 Å². The van der Waals surface area contributed by atoms with Gasteiger partial charge in [0.25, 0.3) is 0 Å². The maximum Gasteiger partial charge on any atom is 0.245 e. The minimum absolute atomic E-state index is 0.0505. The van der Waals surface area contributed by atoms with E-state index in [4.69, 9.17) is 0 Å². The fraction of sp³-hybridized carbons (Fsp3) is 0.769. The Hall–Kier alpha value is -1.43. The summed E-state index contributed by atoms with van der Waals surface area (Å²) in [5, 5.41) is 14.3. The van der Waals surface area contributed by atoms with Gasteiger partial charge in [-0.25, -0.2) is 4.68 Å². The van der Waals surface area contributed by atoms with E-state index >= 15 is 0 Å². The van der Waals surface area contributed by atoms with Crippen molar-refractivity contribution in [3.05, 3.63) is 11.9 Å². The zero-order valence-electron chi connectivity index (χ0n) is 12.5. The highest BCUT2D eigenvalue weighted by Crippen LogP contribution is 2.08. The van der Waals surface area contributed by atoms with E-state index in [-0.39, 0.29) is 17.5 Å².